The lowest BCUT2D eigenvalue weighted by Crippen LogP contribution is -2.39. The van der Waals surface area contributed by atoms with E-state index in [1.807, 2.05) is 42.8 Å². The standard InChI is InChI=1S/C20H20N2O4S2/c1-4-25-18(23)12-26-16-9-7-15(8-10-16)11-17-19(24)22(20(27)28-17)21-13(2)5-6-14(21)3/h5-11H,4,12H2,1-3H3. The molecule has 0 saturated carbocycles. The van der Waals surface area contributed by atoms with Crippen LogP contribution in [0.1, 0.15) is 23.9 Å². The van der Waals surface area contributed by atoms with E-state index in [4.69, 9.17) is 21.7 Å². The van der Waals surface area contributed by atoms with Crippen molar-refractivity contribution in [1.82, 2.24) is 4.68 Å². The third-order valence-corrected chi connectivity index (χ3v) is 5.33. The summed E-state index contributed by atoms with van der Waals surface area (Å²) >= 11 is 6.69. The number of amides is 1. The molecule has 0 radical (unpaired) electrons. The van der Waals surface area contributed by atoms with Crippen LogP contribution < -0.4 is 9.75 Å². The van der Waals surface area contributed by atoms with Gasteiger partial charge in [0, 0.05) is 11.4 Å². The van der Waals surface area contributed by atoms with Gasteiger partial charge in [-0.1, -0.05) is 23.9 Å². The fourth-order valence-electron chi connectivity index (χ4n) is 2.76. The molecule has 1 saturated heterocycles. The zero-order valence-corrected chi connectivity index (χ0v) is 17.4. The summed E-state index contributed by atoms with van der Waals surface area (Å²) < 4.78 is 12.5. The van der Waals surface area contributed by atoms with Crippen LogP contribution in [-0.4, -0.2) is 34.1 Å². The van der Waals surface area contributed by atoms with Gasteiger partial charge in [-0.25, -0.2) is 4.79 Å². The predicted molar refractivity (Wildman–Crippen MR) is 114 cm³/mol. The van der Waals surface area contributed by atoms with Crippen molar-refractivity contribution in [3.63, 3.8) is 0 Å². The maximum Gasteiger partial charge on any atom is 0.344 e. The summed E-state index contributed by atoms with van der Waals surface area (Å²) in [6.45, 7) is 5.80. The minimum absolute atomic E-state index is 0.137. The van der Waals surface area contributed by atoms with E-state index in [2.05, 4.69) is 0 Å². The van der Waals surface area contributed by atoms with Crippen molar-refractivity contribution in [2.45, 2.75) is 20.8 Å². The van der Waals surface area contributed by atoms with Crippen LogP contribution in [0.3, 0.4) is 0 Å². The number of nitrogens with zero attached hydrogens (tertiary/aromatic N) is 2. The van der Waals surface area contributed by atoms with Crippen LogP contribution in [0.2, 0.25) is 0 Å². The average Bonchev–Trinajstić information content (AvgIpc) is 3.13. The molecule has 0 aliphatic carbocycles. The Morgan fingerprint density at radius 1 is 1.14 bits per heavy atom. The first-order valence-electron chi connectivity index (χ1n) is 8.72. The number of ether oxygens (including phenoxy) is 2. The summed E-state index contributed by atoms with van der Waals surface area (Å²) in [7, 11) is 0. The lowest BCUT2D eigenvalue weighted by Gasteiger charge is -2.20. The van der Waals surface area contributed by atoms with Gasteiger partial charge in [-0.2, -0.15) is 5.01 Å². The van der Waals surface area contributed by atoms with Gasteiger partial charge < -0.3 is 9.47 Å². The number of hydrogen-bond acceptors (Lipinski definition) is 6. The number of carbonyl (C=O) groups is 2. The molecule has 1 aliphatic rings. The van der Waals surface area contributed by atoms with Crippen LogP contribution in [0.15, 0.2) is 41.3 Å². The van der Waals surface area contributed by atoms with Gasteiger partial charge in [0.15, 0.2) is 10.9 Å². The van der Waals surface area contributed by atoms with E-state index in [0.717, 1.165) is 17.0 Å². The topological polar surface area (TPSA) is 60.8 Å². The number of aromatic nitrogens is 1. The molecular formula is C20H20N2O4S2. The van der Waals surface area contributed by atoms with E-state index in [1.165, 1.54) is 16.8 Å². The third-order valence-electron chi connectivity index (χ3n) is 4.05. The molecule has 0 N–H and O–H groups in total. The molecule has 0 spiro atoms. The highest BCUT2D eigenvalue weighted by atomic mass is 32.2. The minimum atomic E-state index is -0.411. The fourth-order valence-corrected chi connectivity index (χ4v) is 4.01. The van der Waals surface area contributed by atoms with E-state index in [0.29, 0.717) is 21.6 Å². The number of hydrogen-bond donors (Lipinski definition) is 0. The van der Waals surface area contributed by atoms with Crippen LogP contribution >= 0.6 is 24.0 Å². The molecule has 3 rings (SSSR count). The van der Waals surface area contributed by atoms with Gasteiger partial charge >= 0.3 is 5.97 Å². The van der Waals surface area contributed by atoms with Crippen molar-refractivity contribution >= 4 is 46.3 Å². The molecule has 0 atom stereocenters. The van der Waals surface area contributed by atoms with Crippen LogP contribution in [0.5, 0.6) is 5.75 Å². The molecule has 0 unspecified atom stereocenters. The monoisotopic (exact) mass is 416 g/mol. The molecule has 1 aromatic carbocycles. The molecule has 8 heteroatoms. The number of carbonyl (C=O) groups excluding carboxylic acids is 2. The first kappa shape index (κ1) is 20.2. The van der Waals surface area contributed by atoms with Crippen LogP contribution in [0.4, 0.5) is 0 Å². The molecule has 2 heterocycles. The van der Waals surface area contributed by atoms with Crippen molar-refractivity contribution in [1.29, 1.82) is 0 Å². The second kappa shape index (κ2) is 8.62. The Bertz CT molecular complexity index is 928. The summed E-state index contributed by atoms with van der Waals surface area (Å²) in [6.07, 6.45) is 1.79. The van der Waals surface area contributed by atoms with Gasteiger partial charge in [0.05, 0.1) is 11.5 Å². The Balaban J connectivity index is 1.73. The summed E-state index contributed by atoms with van der Waals surface area (Å²) in [6, 6.07) is 11.0. The Morgan fingerprint density at radius 3 is 2.39 bits per heavy atom. The minimum Gasteiger partial charge on any atom is -0.482 e. The summed E-state index contributed by atoms with van der Waals surface area (Å²) in [5.41, 5.74) is 2.72. The van der Waals surface area contributed by atoms with E-state index in [-0.39, 0.29) is 12.5 Å². The molecule has 1 aromatic heterocycles. The molecule has 1 fully saturated rings. The number of rotatable bonds is 6. The Morgan fingerprint density at radius 2 is 1.79 bits per heavy atom. The van der Waals surface area contributed by atoms with Crippen molar-refractivity contribution < 1.29 is 19.1 Å². The van der Waals surface area contributed by atoms with Crippen molar-refractivity contribution in [3.05, 3.63) is 58.3 Å². The normalized spacial score (nSPS) is 15.4. The summed E-state index contributed by atoms with van der Waals surface area (Å²) in [5.74, 6) is -0.0118. The number of thiocarbonyl (C=S) groups is 1. The zero-order chi connectivity index (χ0) is 20.3. The lowest BCUT2D eigenvalue weighted by atomic mass is 10.2. The summed E-state index contributed by atoms with van der Waals surface area (Å²) in [5, 5.41) is 1.52. The molecule has 2 aromatic rings. The largest absolute Gasteiger partial charge is 0.482 e. The number of aryl methyl sites for hydroxylation is 2. The molecule has 146 valence electrons. The third kappa shape index (κ3) is 4.28. The molecule has 1 amide bonds. The van der Waals surface area contributed by atoms with Crippen LogP contribution in [-0.2, 0) is 14.3 Å². The second-order valence-electron chi connectivity index (χ2n) is 6.08. The first-order chi connectivity index (χ1) is 13.4. The highest BCUT2D eigenvalue weighted by Gasteiger charge is 2.34. The van der Waals surface area contributed by atoms with Gasteiger partial charge in [0.1, 0.15) is 5.75 Å². The van der Waals surface area contributed by atoms with Gasteiger partial charge in [-0.05, 0) is 68.9 Å². The molecule has 0 bridgehead atoms. The highest BCUT2D eigenvalue weighted by molar-refractivity contribution is 8.27. The van der Waals surface area contributed by atoms with Gasteiger partial charge in [0.2, 0.25) is 0 Å². The first-order valence-corrected chi connectivity index (χ1v) is 9.95. The molecule has 6 nitrogen and oxygen atoms in total. The van der Waals surface area contributed by atoms with Crippen LogP contribution in [0, 0.1) is 13.8 Å². The average molecular weight is 417 g/mol. The van der Waals surface area contributed by atoms with E-state index in [9.17, 15) is 9.59 Å². The summed E-state index contributed by atoms with van der Waals surface area (Å²) in [4.78, 5) is 24.8. The molecule has 28 heavy (non-hydrogen) atoms. The van der Waals surface area contributed by atoms with Gasteiger partial charge in [-0.15, -0.1) is 0 Å². The van der Waals surface area contributed by atoms with Crippen LogP contribution in [0.25, 0.3) is 6.08 Å². The zero-order valence-electron chi connectivity index (χ0n) is 15.8. The fraction of sp³-hybridized carbons (Fsp3) is 0.250. The maximum absolute atomic E-state index is 12.9. The van der Waals surface area contributed by atoms with Gasteiger partial charge in [-0.3, -0.25) is 9.47 Å². The Kier molecular flexibility index (Phi) is 6.21. The number of benzene rings is 1. The quantitative estimate of drug-likeness (QED) is 0.408. The van der Waals surface area contributed by atoms with E-state index < -0.39 is 5.97 Å². The Hall–Kier alpha value is -2.58. The smallest absolute Gasteiger partial charge is 0.344 e. The Labute approximate surface area is 173 Å². The molecular weight excluding hydrogens is 396 g/mol. The van der Waals surface area contributed by atoms with Crippen molar-refractivity contribution in [3.8, 4) is 5.75 Å². The van der Waals surface area contributed by atoms with E-state index in [1.54, 1.807) is 25.1 Å². The second-order valence-corrected chi connectivity index (χ2v) is 7.76. The number of thioether (sulfide) groups is 1. The van der Waals surface area contributed by atoms with E-state index >= 15 is 0 Å². The number of esters is 1. The highest BCUT2D eigenvalue weighted by Crippen LogP contribution is 2.33. The lowest BCUT2D eigenvalue weighted by molar-refractivity contribution is -0.145. The van der Waals surface area contributed by atoms with Crippen molar-refractivity contribution in [2.24, 2.45) is 0 Å². The predicted octanol–water partition coefficient (Wildman–Crippen LogP) is 3.58. The SMILES string of the molecule is CCOC(=O)COc1ccc(C=C2SC(=S)N(n3c(C)ccc3C)C2=O)cc1. The molecule has 1 aliphatic heterocycles. The maximum atomic E-state index is 12.9. The van der Waals surface area contributed by atoms with Gasteiger partial charge in [0.25, 0.3) is 5.91 Å². The van der Waals surface area contributed by atoms with Crippen molar-refractivity contribution in [2.75, 3.05) is 18.2 Å².